The number of benzene rings is 2. The molecule has 3 aromatic rings. The predicted molar refractivity (Wildman–Crippen MR) is 104 cm³/mol. The Morgan fingerprint density at radius 1 is 0.917 bits per heavy atom. The average Bonchev–Trinajstić information content (AvgIpc) is 2.99. The monoisotopic (exact) mass is 320 g/mol. The van der Waals surface area contributed by atoms with Crippen molar-refractivity contribution < 1.29 is 0 Å². The van der Waals surface area contributed by atoms with Gasteiger partial charge < -0.3 is 10.7 Å². The average molecular weight is 320 g/mol. The summed E-state index contributed by atoms with van der Waals surface area (Å²) in [6.45, 7) is 3.02. The number of H-pyrrole nitrogens is 1. The van der Waals surface area contributed by atoms with E-state index in [2.05, 4.69) is 60.4 Å². The molecule has 0 aliphatic heterocycles. The van der Waals surface area contributed by atoms with E-state index in [-0.39, 0.29) is 0 Å². The third-order valence-electron chi connectivity index (χ3n) is 4.73. The van der Waals surface area contributed by atoms with Crippen molar-refractivity contribution in [1.29, 1.82) is 0 Å². The number of nitrogens with two attached hydrogens (primary N) is 1. The van der Waals surface area contributed by atoms with Crippen LogP contribution in [0.5, 0.6) is 0 Å². The van der Waals surface area contributed by atoms with Gasteiger partial charge in [0.2, 0.25) is 0 Å². The van der Waals surface area contributed by atoms with Crippen molar-refractivity contribution in [3.63, 3.8) is 0 Å². The standard InChI is InChI=1S/C22H28N2/c1-2-3-9-17-13-14-21-20(16-17)19(12-7-8-15-23)22(24-21)18-10-5-4-6-11-18/h4-6,10-11,13-14,16,24H,2-3,7-9,12,15,23H2,1H3. The quantitative estimate of drug-likeness (QED) is 0.532. The molecule has 1 aromatic heterocycles. The second kappa shape index (κ2) is 8.16. The van der Waals surface area contributed by atoms with Gasteiger partial charge in [0, 0.05) is 16.6 Å². The number of fused-ring (bicyclic) bond motifs is 1. The summed E-state index contributed by atoms with van der Waals surface area (Å²) in [7, 11) is 0. The molecule has 2 nitrogen and oxygen atoms in total. The Hall–Kier alpha value is -2.06. The van der Waals surface area contributed by atoms with Crippen molar-refractivity contribution >= 4 is 10.9 Å². The highest BCUT2D eigenvalue weighted by molar-refractivity contribution is 5.91. The van der Waals surface area contributed by atoms with Gasteiger partial charge in [0.15, 0.2) is 0 Å². The van der Waals surface area contributed by atoms with Crippen LogP contribution in [-0.4, -0.2) is 11.5 Å². The molecule has 0 saturated heterocycles. The van der Waals surface area contributed by atoms with Gasteiger partial charge in [-0.3, -0.25) is 0 Å². The van der Waals surface area contributed by atoms with Crippen molar-refractivity contribution in [3.05, 3.63) is 59.7 Å². The van der Waals surface area contributed by atoms with E-state index in [0.29, 0.717) is 0 Å². The summed E-state index contributed by atoms with van der Waals surface area (Å²) in [5, 5.41) is 1.39. The van der Waals surface area contributed by atoms with Crippen molar-refractivity contribution in [2.45, 2.75) is 45.4 Å². The van der Waals surface area contributed by atoms with Gasteiger partial charge in [-0.1, -0.05) is 49.7 Å². The molecule has 24 heavy (non-hydrogen) atoms. The third-order valence-corrected chi connectivity index (χ3v) is 4.73. The Labute approximate surface area is 145 Å². The van der Waals surface area contributed by atoms with E-state index in [4.69, 9.17) is 5.73 Å². The SMILES string of the molecule is CCCCc1ccc2[nH]c(-c3ccccc3)c(CCCCN)c2c1. The second-order valence-electron chi connectivity index (χ2n) is 6.57. The van der Waals surface area contributed by atoms with Crippen LogP contribution in [0.4, 0.5) is 0 Å². The molecule has 3 N–H and O–H groups in total. The lowest BCUT2D eigenvalue weighted by atomic mass is 9.98. The van der Waals surface area contributed by atoms with Gasteiger partial charge in [-0.25, -0.2) is 0 Å². The molecule has 0 fully saturated rings. The minimum atomic E-state index is 0.769. The Morgan fingerprint density at radius 2 is 1.75 bits per heavy atom. The Kier molecular flexibility index (Phi) is 5.71. The third kappa shape index (κ3) is 3.70. The number of hydrogen-bond acceptors (Lipinski definition) is 1. The molecule has 0 aliphatic rings. The van der Waals surface area contributed by atoms with E-state index in [9.17, 15) is 0 Å². The fourth-order valence-electron chi connectivity index (χ4n) is 3.39. The molecule has 2 aromatic carbocycles. The molecular weight excluding hydrogens is 292 g/mol. The lowest BCUT2D eigenvalue weighted by Crippen LogP contribution is -1.99. The number of aromatic nitrogens is 1. The van der Waals surface area contributed by atoms with Crippen LogP contribution in [0.3, 0.4) is 0 Å². The summed E-state index contributed by atoms with van der Waals surface area (Å²) in [5.74, 6) is 0. The highest BCUT2D eigenvalue weighted by Gasteiger charge is 2.13. The van der Waals surface area contributed by atoms with Gasteiger partial charge in [-0.2, -0.15) is 0 Å². The van der Waals surface area contributed by atoms with Crippen LogP contribution < -0.4 is 5.73 Å². The normalized spacial score (nSPS) is 11.2. The summed E-state index contributed by atoms with van der Waals surface area (Å²) in [6.07, 6.45) is 6.96. The fourth-order valence-corrected chi connectivity index (χ4v) is 3.39. The van der Waals surface area contributed by atoms with Gasteiger partial charge >= 0.3 is 0 Å². The predicted octanol–water partition coefficient (Wildman–Crippen LogP) is 5.46. The van der Waals surface area contributed by atoms with Gasteiger partial charge in [-0.05, 0) is 67.5 Å². The summed E-state index contributed by atoms with van der Waals surface area (Å²) in [6, 6.07) is 17.6. The maximum absolute atomic E-state index is 5.70. The largest absolute Gasteiger partial charge is 0.354 e. The minimum Gasteiger partial charge on any atom is -0.354 e. The summed E-state index contributed by atoms with van der Waals surface area (Å²) in [5.41, 5.74) is 12.4. The number of nitrogens with one attached hydrogen (secondary N) is 1. The van der Waals surface area contributed by atoms with E-state index in [1.54, 1.807) is 0 Å². The van der Waals surface area contributed by atoms with E-state index in [0.717, 1.165) is 25.8 Å². The number of aromatic amines is 1. The molecule has 0 atom stereocenters. The molecule has 0 saturated carbocycles. The first-order valence-corrected chi connectivity index (χ1v) is 9.22. The second-order valence-corrected chi connectivity index (χ2v) is 6.57. The summed E-state index contributed by atoms with van der Waals surface area (Å²) < 4.78 is 0. The van der Waals surface area contributed by atoms with Crippen molar-refractivity contribution in [2.24, 2.45) is 5.73 Å². The Bertz CT molecular complexity index is 771. The van der Waals surface area contributed by atoms with Crippen LogP contribution in [0, 0.1) is 0 Å². The maximum atomic E-state index is 5.70. The smallest absolute Gasteiger partial charge is 0.0497 e. The molecule has 0 aliphatic carbocycles. The molecule has 0 bridgehead atoms. The first-order chi connectivity index (χ1) is 11.8. The molecule has 126 valence electrons. The van der Waals surface area contributed by atoms with E-state index in [1.165, 1.54) is 52.5 Å². The number of unbranched alkanes of at least 4 members (excludes halogenated alkanes) is 2. The van der Waals surface area contributed by atoms with E-state index < -0.39 is 0 Å². The van der Waals surface area contributed by atoms with Crippen molar-refractivity contribution in [2.75, 3.05) is 6.54 Å². The van der Waals surface area contributed by atoms with Gasteiger partial charge in [0.1, 0.15) is 0 Å². The highest BCUT2D eigenvalue weighted by Crippen LogP contribution is 2.32. The minimum absolute atomic E-state index is 0.769. The first-order valence-electron chi connectivity index (χ1n) is 9.22. The number of aryl methyl sites for hydroxylation is 2. The lowest BCUT2D eigenvalue weighted by molar-refractivity contribution is 0.748. The Morgan fingerprint density at radius 3 is 2.50 bits per heavy atom. The van der Waals surface area contributed by atoms with Crippen LogP contribution in [-0.2, 0) is 12.8 Å². The van der Waals surface area contributed by atoms with Crippen LogP contribution in [0.15, 0.2) is 48.5 Å². The first kappa shape index (κ1) is 16.8. The maximum Gasteiger partial charge on any atom is 0.0497 e. The van der Waals surface area contributed by atoms with Crippen molar-refractivity contribution in [3.8, 4) is 11.3 Å². The van der Waals surface area contributed by atoms with Crippen LogP contribution in [0.1, 0.15) is 43.7 Å². The number of hydrogen-bond donors (Lipinski definition) is 2. The van der Waals surface area contributed by atoms with Crippen LogP contribution in [0.25, 0.3) is 22.2 Å². The highest BCUT2D eigenvalue weighted by atomic mass is 14.7. The molecule has 1 heterocycles. The van der Waals surface area contributed by atoms with Gasteiger partial charge in [0.05, 0.1) is 0 Å². The van der Waals surface area contributed by atoms with Crippen LogP contribution >= 0.6 is 0 Å². The summed E-state index contributed by atoms with van der Waals surface area (Å²) >= 11 is 0. The zero-order chi connectivity index (χ0) is 16.8. The molecule has 0 spiro atoms. The Balaban J connectivity index is 2.03. The zero-order valence-corrected chi connectivity index (χ0v) is 14.6. The molecule has 2 heteroatoms. The topological polar surface area (TPSA) is 41.8 Å². The molecule has 0 unspecified atom stereocenters. The number of rotatable bonds is 8. The molecule has 3 rings (SSSR count). The van der Waals surface area contributed by atoms with E-state index in [1.807, 2.05) is 0 Å². The lowest BCUT2D eigenvalue weighted by Gasteiger charge is -2.06. The van der Waals surface area contributed by atoms with Gasteiger partial charge in [0.25, 0.3) is 0 Å². The van der Waals surface area contributed by atoms with Gasteiger partial charge in [-0.15, -0.1) is 0 Å². The van der Waals surface area contributed by atoms with E-state index >= 15 is 0 Å². The van der Waals surface area contributed by atoms with Crippen LogP contribution in [0.2, 0.25) is 0 Å². The summed E-state index contributed by atoms with van der Waals surface area (Å²) in [4.78, 5) is 3.66. The fraction of sp³-hybridized carbons (Fsp3) is 0.364. The molecular formula is C22H28N2. The molecule has 0 radical (unpaired) electrons. The zero-order valence-electron chi connectivity index (χ0n) is 14.6. The van der Waals surface area contributed by atoms with Crippen molar-refractivity contribution in [1.82, 2.24) is 4.98 Å². The molecule has 0 amide bonds.